The van der Waals surface area contributed by atoms with Crippen molar-refractivity contribution in [2.75, 3.05) is 9.80 Å². The molecule has 10 heteroatoms. The molecule has 0 unspecified atom stereocenters. The van der Waals surface area contributed by atoms with Crippen LogP contribution in [0, 0.1) is 13.8 Å². The van der Waals surface area contributed by atoms with Gasteiger partial charge in [0.15, 0.2) is 0 Å². The molecular weight excluding hydrogens is 936 g/mol. The Kier molecular flexibility index (Phi) is 10.3. The Morgan fingerprint density at radius 1 is 0.351 bits per heavy atom. The average Bonchev–Trinajstić information content (AvgIpc) is 3.75. The van der Waals surface area contributed by atoms with E-state index >= 15 is 0 Å². The molecule has 0 amide bonds. The van der Waals surface area contributed by atoms with E-state index < -0.39 is 23.5 Å². The number of halogens is 6. The van der Waals surface area contributed by atoms with Gasteiger partial charge in [-0.25, -0.2) is 0 Å². The molecule has 2 aliphatic rings. The fraction of sp³-hybridized carbons (Fsp3) is 0.0625. The van der Waals surface area contributed by atoms with Crippen molar-refractivity contribution in [3.63, 3.8) is 0 Å². The molecule has 0 saturated heterocycles. The number of fused-ring (bicyclic) bond motifs is 7. The molecule has 0 radical (unpaired) electrons. The van der Waals surface area contributed by atoms with Gasteiger partial charge in [-0.15, -0.1) is 0 Å². The van der Waals surface area contributed by atoms with Crippen LogP contribution >= 0.6 is 0 Å². The lowest BCUT2D eigenvalue weighted by atomic mass is 9.33. The number of para-hydroxylation sites is 5. The van der Waals surface area contributed by atoms with Crippen molar-refractivity contribution in [1.29, 1.82) is 0 Å². The van der Waals surface area contributed by atoms with Gasteiger partial charge in [0.2, 0.25) is 0 Å². The molecule has 13 rings (SSSR count). The molecule has 2 aliphatic heterocycles. The minimum Gasteiger partial charge on any atom is -0.311 e. The lowest BCUT2D eigenvalue weighted by molar-refractivity contribution is -0.138. The molecule has 0 saturated carbocycles. The Morgan fingerprint density at radius 2 is 0.824 bits per heavy atom. The van der Waals surface area contributed by atoms with Crippen LogP contribution in [0.4, 0.5) is 60.5 Å². The van der Waals surface area contributed by atoms with Crippen LogP contribution in [0.25, 0.3) is 60.9 Å². The minimum absolute atomic E-state index is 0.0550. The summed E-state index contributed by atoms with van der Waals surface area (Å²) >= 11 is 0. The van der Waals surface area contributed by atoms with E-state index in [2.05, 4.69) is 148 Å². The molecule has 3 nitrogen and oxygen atoms in total. The highest BCUT2D eigenvalue weighted by Crippen LogP contribution is 2.48. The molecule has 0 atom stereocenters. The number of alkyl halides is 6. The summed E-state index contributed by atoms with van der Waals surface area (Å²) in [6.45, 7) is 3.16. The predicted molar refractivity (Wildman–Crippen MR) is 291 cm³/mol. The van der Waals surface area contributed by atoms with Crippen LogP contribution in [-0.2, 0) is 12.4 Å². The zero-order chi connectivity index (χ0) is 50.6. The molecule has 74 heavy (non-hydrogen) atoms. The summed E-state index contributed by atoms with van der Waals surface area (Å²) in [4.78, 5) is 4.74. The third kappa shape index (κ3) is 7.38. The molecule has 0 fully saturated rings. The fourth-order valence-electron chi connectivity index (χ4n) is 11.5. The summed E-state index contributed by atoms with van der Waals surface area (Å²) in [5.41, 5.74) is 14.8. The maximum absolute atomic E-state index is 14.6. The van der Waals surface area contributed by atoms with Gasteiger partial charge in [-0.3, -0.25) is 0 Å². The van der Waals surface area contributed by atoms with Crippen molar-refractivity contribution in [3.8, 4) is 39.1 Å². The van der Waals surface area contributed by atoms with Crippen molar-refractivity contribution in [1.82, 2.24) is 4.57 Å². The fourth-order valence-corrected chi connectivity index (χ4v) is 11.5. The zero-order valence-electron chi connectivity index (χ0n) is 40.0. The van der Waals surface area contributed by atoms with Gasteiger partial charge in [-0.1, -0.05) is 115 Å². The smallest absolute Gasteiger partial charge is 0.311 e. The summed E-state index contributed by atoms with van der Waals surface area (Å²) in [7, 11) is 0. The summed E-state index contributed by atoms with van der Waals surface area (Å²) in [6.07, 6.45) is -9.24. The number of hydrogen-bond acceptors (Lipinski definition) is 2. The minimum atomic E-state index is -4.64. The predicted octanol–water partition coefficient (Wildman–Crippen LogP) is 16.5. The Balaban J connectivity index is 1.05. The highest BCUT2D eigenvalue weighted by molar-refractivity contribution is 7.00. The first kappa shape index (κ1) is 45.1. The maximum atomic E-state index is 14.6. The van der Waals surface area contributed by atoms with E-state index in [9.17, 15) is 26.3 Å². The van der Waals surface area contributed by atoms with E-state index in [0.29, 0.717) is 33.5 Å². The van der Waals surface area contributed by atoms with Crippen molar-refractivity contribution in [2.24, 2.45) is 0 Å². The van der Waals surface area contributed by atoms with Gasteiger partial charge in [0.1, 0.15) is 0 Å². The van der Waals surface area contributed by atoms with Gasteiger partial charge < -0.3 is 14.4 Å². The second kappa shape index (κ2) is 16.9. The van der Waals surface area contributed by atoms with Crippen molar-refractivity contribution in [3.05, 3.63) is 241 Å². The number of rotatable bonds is 6. The highest BCUT2D eigenvalue weighted by Gasteiger charge is 2.43. The number of benzene rings is 10. The molecule has 0 spiro atoms. The van der Waals surface area contributed by atoms with Crippen LogP contribution in [0.3, 0.4) is 0 Å². The average molecular weight is 978 g/mol. The van der Waals surface area contributed by atoms with E-state index in [1.54, 1.807) is 38.1 Å². The molecular formula is C64H42BF6N3. The molecule has 0 aliphatic carbocycles. The summed E-state index contributed by atoms with van der Waals surface area (Å²) in [5, 5.41) is 1.84. The van der Waals surface area contributed by atoms with E-state index in [4.69, 9.17) is 0 Å². The lowest BCUT2D eigenvalue weighted by Gasteiger charge is -2.44. The summed E-state index contributed by atoms with van der Waals surface area (Å²) in [5.74, 6) is 0. The number of nitrogens with zero attached hydrogens (tertiary/aromatic N) is 3. The number of aryl methyl sites for hydroxylation is 2. The standard InChI is InChI=1S/C64H42BF6N3/c1-39-29-43(33-46(31-39)63(66,67)68)41-25-27-56(51(35-41)45-30-40(2)32-47(34-45)64(69,70)71)74-55-22-12-9-19-50(55)52-36-42(26-28-57(52)74)44-37-60-62-61(38-44)73(49-17-7-4-8-18-49)59-24-14-11-21-54(59)65(62)53-20-10-13-23-58(53)72(60)48-15-5-3-6-16-48/h3-38H,1-2H3. The number of anilines is 6. The van der Waals surface area contributed by atoms with Gasteiger partial charge in [-0.2, -0.15) is 26.3 Å². The van der Waals surface area contributed by atoms with Crippen LogP contribution in [0.15, 0.2) is 218 Å². The molecule has 0 N–H and O–H groups in total. The maximum Gasteiger partial charge on any atom is 0.416 e. The van der Waals surface area contributed by atoms with Gasteiger partial charge in [0.05, 0.1) is 27.8 Å². The van der Waals surface area contributed by atoms with Gasteiger partial charge in [0, 0.05) is 50.5 Å². The van der Waals surface area contributed by atoms with Gasteiger partial charge in [-0.05, 0) is 172 Å². The van der Waals surface area contributed by atoms with E-state index in [-0.39, 0.29) is 12.3 Å². The largest absolute Gasteiger partial charge is 0.416 e. The van der Waals surface area contributed by atoms with Crippen molar-refractivity contribution < 1.29 is 26.3 Å². The molecule has 0 bridgehead atoms. The second-order valence-electron chi connectivity index (χ2n) is 19.3. The Labute approximate surface area is 423 Å². The first-order chi connectivity index (χ1) is 35.8. The van der Waals surface area contributed by atoms with Crippen LogP contribution in [0.1, 0.15) is 22.3 Å². The highest BCUT2D eigenvalue weighted by atomic mass is 19.4. The third-order valence-corrected chi connectivity index (χ3v) is 14.6. The summed E-state index contributed by atoms with van der Waals surface area (Å²) in [6, 6.07) is 70.2. The third-order valence-electron chi connectivity index (χ3n) is 14.6. The monoisotopic (exact) mass is 977 g/mol. The SMILES string of the molecule is Cc1cc(-c2ccc(-n3c4ccccc4c4cc(-c5cc6c7c(c5)N(c5ccccc5)c5ccccc5B7c5ccccc5N6c5ccccc5)ccc43)c(-c3cc(C)cc(C(F)(F)F)c3)c2)cc(C(F)(F)F)c1. The van der Waals surface area contributed by atoms with E-state index in [1.165, 1.54) is 16.4 Å². The van der Waals surface area contributed by atoms with Crippen molar-refractivity contribution in [2.45, 2.75) is 26.2 Å². The Hall–Kier alpha value is -8.76. The van der Waals surface area contributed by atoms with Crippen LogP contribution in [0.5, 0.6) is 0 Å². The quantitative estimate of drug-likeness (QED) is 0.122. The van der Waals surface area contributed by atoms with Crippen molar-refractivity contribution >= 4 is 79.0 Å². The van der Waals surface area contributed by atoms with Crippen LogP contribution in [-0.4, -0.2) is 11.3 Å². The number of aromatic nitrogens is 1. The number of hydrogen-bond donors (Lipinski definition) is 0. The Bertz CT molecular complexity index is 3940. The zero-order valence-corrected chi connectivity index (χ0v) is 40.0. The molecule has 11 aromatic rings. The van der Waals surface area contributed by atoms with Crippen LogP contribution < -0.4 is 26.2 Å². The molecule has 10 aromatic carbocycles. The normalized spacial score (nSPS) is 13.1. The van der Waals surface area contributed by atoms with E-state index in [0.717, 1.165) is 91.3 Å². The Morgan fingerprint density at radius 3 is 1.42 bits per heavy atom. The van der Waals surface area contributed by atoms with Gasteiger partial charge in [0.25, 0.3) is 6.71 Å². The van der Waals surface area contributed by atoms with E-state index in [1.807, 2.05) is 36.4 Å². The van der Waals surface area contributed by atoms with Crippen LogP contribution in [0.2, 0.25) is 0 Å². The first-order valence-corrected chi connectivity index (χ1v) is 24.4. The second-order valence-corrected chi connectivity index (χ2v) is 19.3. The topological polar surface area (TPSA) is 11.4 Å². The molecule has 1 aromatic heterocycles. The summed E-state index contributed by atoms with van der Waals surface area (Å²) < 4.78 is 88.3. The molecule has 3 heterocycles. The van der Waals surface area contributed by atoms with Gasteiger partial charge >= 0.3 is 12.4 Å². The lowest BCUT2D eigenvalue weighted by Crippen LogP contribution is -2.61. The molecule has 358 valence electrons. The first-order valence-electron chi connectivity index (χ1n) is 24.4.